The van der Waals surface area contributed by atoms with Crippen molar-refractivity contribution in [2.45, 2.75) is 31.2 Å². The van der Waals surface area contributed by atoms with Gasteiger partial charge in [-0.15, -0.1) is 0 Å². The van der Waals surface area contributed by atoms with Gasteiger partial charge in [0.2, 0.25) is 5.91 Å². The molecule has 1 fully saturated rings. The van der Waals surface area contributed by atoms with E-state index < -0.39 is 0 Å². The molecule has 1 saturated carbocycles. The van der Waals surface area contributed by atoms with Crippen LogP contribution in [0, 0.1) is 0 Å². The lowest BCUT2D eigenvalue weighted by atomic mass is 9.75. The molecule has 1 aliphatic carbocycles. The first kappa shape index (κ1) is 12.9. The van der Waals surface area contributed by atoms with E-state index in [1.165, 1.54) is 0 Å². The second kappa shape index (κ2) is 4.96. The molecule has 92 valence electrons. The van der Waals surface area contributed by atoms with E-state index in [-0.39, 0.29) is 11.4 Å². The van der Waals surface area contributed by atoms with Crippen LogP contribution >= 0.6 is 27.5 Å². The minimum Gasteiger partial charge on any atom is -0.325 e. The molecule has 1 aliphatic rings. The predicted molar refractivity (Wildman–Crippen MR) is 73.2 cm³/mol. The first-order chi connectivity index (χ1) is 7.98. The van der Waals surface area contributed by atoms with Gasteiger partial charge in [-0.05, 0) is 37.5 Å². The zero-order valence-electron chi connectivity index (χ0n) is 9.30. The first-order valence-corrected chi connectivity index (χ1v) is 6.69. The van der Waals surface area contributed by atoms with Gasteiger partial charge < -0.3 is 11.1 Å². The Balaban J connectivity index is 1.98. The van der Waals surface area contributed by atoms with Crippen LogP contribution < -0.4 is 11.1 Å². The van der Waals surface area contributed by atoms with Crippen LogP contribution in [-0.4, -0.2) is 11.4 Å². The fraction of sp³-hybridized carbons (Fsp3) is 0.417. The smallest absolute Gasteiger partial charge is 0.226 e. The number of amides is 1. The van der Waals surface area contributed by atoms with E-state index in [0.29, 0.717) is 17.1 Å². The number of halogens is 2. The summed E-state index contributed by atoms with van der Waals surface area (Å²) in [6, 6.07) is 5.36. The third-order valence-electron chi connectivity index (χ3n) is 3.07. The normalized spacial score (nSPS) is 17.4. The average Bonchev–Trinajstić information content (AvgIpc) is 2.20. The number of hydrogen-bond acceptors (Lipinski definition) is 2. The number of carbonyl (C=O) groups excluding carboxylic acids is 1. The number of carbonyl (C=O) groups is 1. The molecule has 0 spiro atoms. The summed E-state index contributed by atoms with van der Waals surface area (Å²) in [7, 11) is 0. The van der Waals surface area contributed by atoms with Gasteiger partial charge in [-0.25, -0.2) is 0 Å². The molecule has 17 heavy (non-hydrogen) atoms. The maximum absolute atomic E-state index is 11.8. The van der Waals surface area contributed by atoms with Crippen LogP contribution in [0.5, 0.6) is 0 Å². The number of anilines is 1. The van der Waals surface area contributed by atoms with Crippen molar-refractivity contribution in [2.75, 3.05) is 5.32 Å². The molecule has 3 N–H and O–H groups in total. The Morgan fingerprint density at radius 1 is 1.53 bits per heavy atom. The summed E-state index contributed by atoms with van der Waals surface area (Å²) in [4.78, 5) is 11.8. The quantitative estimate of drug-likeness (QED) is 0.898. The highest BCUT2D eigenvalue weighted by Gasteiger charge is 2.34. The highest BCUT2D eigenvalue weighted by Crippen LogP contribution is 2.33. The van der Waals surface area contributed by atoms with E-state index in [1.807, 2.05) is 6.07 Å². The maximum atomic E-state index is 11.8. The zero-order chi connectivity index (χ0) is 12.5. The molecule has 0 radical (unpaired) electrons. The van der Waals surface area contributed by atoms with Crippen molar-refractivity contribution in [3.8, 4) is 0 Å². The molecule has 3 nitrogen and oxygen atoms in total. The van der Waals surface area contributed by atoms with Gasteiger partial charge in [0.25, 0.3) is 0 Å². The molecule has 1 amide bonds. The molecular formula is C12H14BrClN2O. The molecule has 5 heteroatoms. The molecule has 0 aliphatic heterocycles. The molecule has 0 aromatic heterocycles. The number of rotatable bonds is 3. The molecule has 0 unspecified atom stereocenters. The van der Waals surface area contributed by atoms with Gasteiger partial charge in [-0.1, -0.05) is 27.5 Å². The summed E-state index contributed by atoms with van der Waals surface area (Å²) in [6.45, 7) is 0. The summed E-state index contributed by atoms with van der Waals surface area (Å²) < 4.78 is 0.884. The molecule has 1 aromatic carbocycles. The van der Waals surface area contributed by atoms with Crippen molar-refractivity contribution in [3.63, 3.8) is 0 Å². The average molecular weight is 318 g/mol. The largest absolute Gasteiger partial charge is 0.325 e. The molecular weight excluding hydrogens is 304 g/mol. The van der Waals surface area contributed by atoms with E-state index in [4.69, 9.17) is 17.3 Å². The number of benzene rings is 1. The second-order valence-corrected chi connectivity index (χ2v) is 5.89. The lowest BCUT2D eigenvalue weighted by Crippen LogP contribution is -2.48. The Morgan fingerprint density at radius 2 is 2.24 bits per heavy atom. The van der Waals surface area contributed by atoms with Gasteiger partial charge in [0.05, 0.1) is 10.7 Å². The van der Waals surface area contributed by atoms with E-state index in [2.05, 4.69) is 21.2 Å². The minimum absolute atomic E-state index is 0.0728. The van der Waals surface area contributed by atoms with Gasteiger partial charge in [0, 0.05) is 16.4 Å². The molecule has 2 rings (SSSR count). The lowest BCUT2D eigenvalue weighted by Gasteiger charge is -2.37. The lowest BCUT2D eigenvalue weighted by molar-refractivity contribution is -0.118. The van der Waals surface area contributed by atoms with Crippen molar-refractivity contribution >= 4 is 39.1 Å². The molecule has 0 saturated heterocycles. The van der Waals surface area contributed by atoms with Gasteiger partial charge in [-0.3, -0.25) is 4.79 Å². The van der Waals surface area contributed by atoms with E-state index in [1.54, 1.807) is 12.1 Å². The maximum Gasteiger partial charge on any atom is 0.226 e. The topological polar surface area (TPSA) is 55.1 Å². The summed E-state index contributed by atoms with van der Waals surface area (Å²) in [5.74, 6) is -0.0728. The third-order valence-corrected chi connectivity index (χ3v) is 3.87. The van der Waals surface area contributed by atoms with Crippen LogP contribution in [0.4, 0.5) is 5.69 Å². The fourth-order valence-electron chi connectivity index (χ4n) is 1.91. The van der Waals surface area contributed by atoms with E-state index >= 15 is 0 Å². The van der Waals surface area contributed by atoms with Crippen molar-refractivity contribution in [3.05, 3.63) is 27.7 Å². The molecule has 0 bridgehead atoms. The minimum atomic E-state index is -0.300. The standard InChI is InChI=1S/C12H14BrClN2O/c13-8-2-3-10(9(14)6-8)16-11(17)7-12(15)4-1-5-12/h2-3,6H,1,4-5,7,15H2,(H,16,17). The summed E-state index contributed by atoms with van der Waals surface area (Å²) in [5.41, 5.74) is 6.35. The third kappa shape index (κ3) is 3.21. The van der Waals surface area contributed by atoms with Crippen LogP contribution in [0.15, 0.2) is 22.7 Å². The highest BCUT2D eigenvalue weighted by atomic mass is 79.9. The second-order valence-electron chi connectivity index (χ2n) is 4.57. The van der Waals surface area contributed by atoms with E-state index in [0.717, 1.165) is 23.7 Å². The van der Waals surface area contributed by atoms with Crippen LogP contribution in [0.25, 0.3) is 0 Å². The summed E-state index contributed by atoms with van der Waals surface area (Å²) in [5, 5.41) is 3.31. The van der Waals surface area contributed by atoms with Gasteiger partial charge in [0.1, 0.15) is 0 Å². The molecule has 0 atom stereocenters. The fourth-order valence-corrected chi connectivity index (χ4v) is 2.63. The number of hydrogen-bond donors (Lipinski definition) is 2. The van der Waals surface area contributed by atoms with Crippen LogP contribution in [-0.2, 0) is 4.79 Å². The van der Waals surface area contributed by atoms with Crippen molar-refractivity contribution < 1.29 is 4.79 Å². The zero-order valence-corrected chi connectivity index (χ0v) is 11.6. The van der Waals surface area contributed by atoms with Crippen LogP contribution in [0.2, 0.25) is 5.02 Å². The van der Waals surface area contributed by atoms with Gasteiger partial charge in [0.15, 0.2) is 0 Å². The predicted octanol–water partition coefficient (Wildman–Crippen LogP) is 3.31. The summed E-state index contributed by atoms with van der Waals surface area (Å²) in [6.07, 6.45) is 3.32. The Kier molecular flexibility index (Phi) is 3.76. The first-order valence-electron chi connectivity index (χ1n) is 5.52. The Labute approximate surface area is 114 Å². The molecule has 0 heterocycles. The Morgan fingerprint density at radius 3 is 2.76 bits per heavy atom. The highest BCUT2D eigenvalue weighted by molar-refractivity contribution is 9.10. The number of nitrogens with two attached hydrogens (primary N) is 1. The summed E-state index contributed by atoms with van der Waals surface area (Å²) >= 11 is 9.33. The Bertz CT molecular complexity index is 446. The van der Waals surface area contributed by atoms with Gasteiger partial charge >= 0.3 is 0 Å². The Hall–Kier alpha value is -0.580. The number of nitrogens with one attached hydrogen (secondary N) is 1. The van der Waals surface area contributed by atoms with E-state index in [9.17, 15) is 4.79 Å². The van der Waals surface area contributed by atoms with Crippen molar-refractivity contribution in [1.82, 2.24) is 0 Å². The van der Waals surface area contributed by atoms with Crippen molar-refractivity contribution in [1.29, 1.82) is 0 Å². The monoisotopic (exact) mass is 316 g/mol. The van der Waals surface area contributed by atoms with Crippen LogP contribution in [0.1, 0.15) is 25.7 Å². The van der Waals surface area contributed by atoms with Crippen molar-refractivity contribution in [2.24, 2.45) is 5.73 Å². The van der Waals surface area contributed by atoms with Crippen LogP contribution in [0.3, 0.4) is 0 Å². The molecule has 1 aromatic rings. The van der Waals surface area contributed by atoms with Gasteiger partial charge in [-0.2, -0.15) is 0 Å². The SMILES string of the molecule is NC1(CC(=O)Nc2ccc(Br)cc2Cl)CCC1.